The number of carbonyl (C=O) groups is 1. The van der Waals surface area contributed by atoms with Gasteiger partial charge in [-0.3, -0.25) is 14.7 Å². The number of aryl methyl sites for hydroxylation is 1. The molecule has 2 heterocycles. The van der Waals surface area contributed by atoms with Crippen LogP contribution in [0.25, 0.3) is 5.69 Å². The van der Waals surface area contributed by atoms with Gasteiger partial charge in [0.15, 0.2) is 5.16 Å². The Morgan fingerprint density at radius 3 is 2.86 bits per heavy atom. The smallest absolute Gasteiger partial charge is 0.237 e. The van der Waals surface area contributed by atoms with Gasteiger partial charge in [-0.05, 0) is 19.1 Å². The van der Waals surface area contributed by atoms with E-state index in [1.807, 2.05) is 41.8 Å². The lowest BCUT2D eigenvalue weighted by molar-refractivity contribution is -0.113. The number of hydrogen-bond donors (Lipinski definition) is 2. The van der Waals surface area contributed by atoms with Gasteiger partial charge in [-0.15, -0.1) is 10.2 Å². The first-order valence-electron chi connectivity index (χ1n) is 6.49. The van der Waals surface area contributed by atoms with Crippen molar-refractivity contribution in [3.63, 3.8) is 0 Å². The number of amides is 1. The van der Waals surface area contributed by atoms with Gasteiger partial charge in [0, 0.05) is 5.69 Å². The normalized spacial score (nSPS) is 10.6. The highest BCUT2D eigenvalue weighted by molar-refractivity contribution is 7.99. The molecular weight excluding hydrogens is 302 g/mol. The minimum absolute atomic E-state index is 0.193. The average molecular weight is 315 g/mol. The number of anilines is 1. The first-order chi connectivity index (χ1) is 10.7. The first-order valence-corrected chi connectivity index (χ1v) is 7.48. The molecule has 1 amide bonds. The number of nitrogens with zero attached hydrogens (tertiary/aromatic N) is 5. The number of H-pyrrole nitrogens is 1. The molecule has 0 saturated heterocycles. The third-order valence-corrected chi connectivity index (χ3v) is 3.74. The number of carbonyl (C=O) groups excluding carboxylic acids is 1. The van der Waals surface area contributed by atoms with Crippen molar-refractivity contribution in [2.45, 2.75) is 12.1 Å². The maximum absolute atomic E-state index is 11.9. The molecule has 0 radical (unpaired) electrons. The van der Waals surface area contributed by atoms with Crippen molar-refractivity contribution in [3.05, 3.63) is 42.5 Å². The minimum atomic E-state index is -0.193. The molecule has 8 nitrogen and oxygen atoms in total. The molecule has 0 bridgehead atoms. The number of benzene rings is 1. The maximum atomic E-state index is 11.9. The molecule has 0 aliphatic heterocycles. The van der Waals surface area contributed by atoms with Gasteiger partial charge in [0.1, 0.15) is 12.2 Å². The van der Waals surface area contributed by atoms with Crippen molar-refractivity contribution in [2.24, 2.45) is 0 Å². The SMILES string of the molecule is Cc1nnc(SCC(=O)Nc2ncn[nH]2)n1-c1ccccc1. The van der Waals surface area contributed by atoms with Gasteiger partial charge in [0.25, 0.3) is 0 Å². The molecule has 0 aliphatic rings. The highest BCUT2D eigenvalue weighted by Crippen LogP contribution is 2.21. The molecule has 2 aromatic heterocycles. The second kappa shape index (κ2) is 6.39. The van der Waals surface area contributed by atoms with Crippen molar-refractivity contribution >= 4 is 23.6 Å². The lowest BCUT2D eigenvalue weighted by Gasteiger charge is -2.07. The standard InChI is InChI=1S/C13H13N7OS/c1-9-17-19-13(20(9)10-5-3-2-4-6-10)22-7-11(21)16-12-14-8-15-18-12/h2-6,8H,7H2,1H3,(H2,14,15,16,18,21). The number of nitrogens with one attached hydrogen (secondary N) is 2. The summed E-state index contributed by atoms with van der Waals surface area (Å²) in [5, 5.41) is 17.7. The summed E-state index contributed by atoms with van der Waals surface area (Å²) in [7, 11) is 0. The fourth-order valence-corrected chi connectivity index (χ4v) is 2.67. The van der Waals surface area contributed by atoms with E-state index in [0.29, 0.717) is 11.1 Å². The largest absolute Gasteiger partial charge is 0.294 e. The Hall–Kier alpha value is -2.68. The van der Waals surface area contributed by atoms with Crippen LogP contribution >= 0.6 is 11.8 Å². The fourth-order valence-electron chi connectivity index (χ4n) is 1.87. The molecule has 112 valence electrons. The van der Waals surface area contributed by atoms with E-state index in [1.54, 1.807) is 0 Å². The van der Waals surface area contributed by atoms with Crippen LogP contribution in [0.1, 0.15) is 5.82 Å². The van der Waals surface area contributed by atoms with Crippen LogP contribution in [0.5, 0.6) is 0 Å². The van der Waals surface area contributed by atoms with Crippen LogP contribution in [0.15, 0.2) is 41.8 Å². The lowest BCUT2D eigenvalue weighted by Crippen LogP contribution is -2.15. The Balaban J connectivity index is 1.70. The zero-order chi connectivity index (χ0) is 15.4. The van der Waals surface area contributed by atoms with Gasteiger partial charge in [0.2, 0.25) is 11.9 Å². The van der Waals surface area contributed by atoms with Crippen molar-refractivity contribution in [2.75, 3.05) is 11.1 Å². The van der Waals surface area contributed by atoms with E-state index in [-0.39, 0.29) is 11.7 Å². The van der Waals surface area contributed by atoms with Gasteiger partial charge in [-0.25, -0.2) is 5.10 Å². The number of aromatic nitrogens is 6. The number of para-hydroxylation sites is 1. The zero-order valence-electron chi connectivity index (χ0n) is 11.7. The molecule has 2 N–H and O–H groups in total. The summed E-state index contributed by atoms with van der Waals surface area (Å²) in [5.41, 5.74) is 0.961. The number of thioether (sulfide) groups is 1. The third kappa shape index (κ3) is 3.14. The number of hydrogen-bond acceptors (Lipinski definition) is 6. The predicted molar refractivity (Wildman–Crippen MR) is 81.8 cm³/mol. The van der Waals surface area contributed by atoms with Crippen molar-refractivity contribution in [1.82, 2.24) is 29.9 Å². The number of rotatable bonds is 5. The summed E-state index contributed by atoms with van der Waals surface area (Å²) in [6, 6.07) is 9.77. The van der Waals surface area contributed by atoms with Crippen LogP contribution < -0.4 is 5.32 Å². The topological polar surface area (TPSA) is 101 Å². The Morgan fingerprint density at radius 1 is 1.32 bits per heavy atom. The summed E-state index contributed by atoms with van der Waals surface area (Å²) in [6.45, 7) is 1.87. The van der Waals surface area contributed by atoms with Gasteiger partial charge in [-0.1, -0.05) is 30.0 Å². The lowest BCUT2D eigenvalue weighted by atomic mass is 10.3. The van der Waals surface area contributed by atoms with Crippen LogP contribution in [0, 0.1) is 6.92 Å². The Morgan fingerprint density at radius 2 is 2.14 bits per heavy atom. The Bertz CT molecular complexity index is 754. The van der Waals surface area contributed by atoms with Gasteiger partial charge >= 0.3 is 0 Å². The second-order valence-corrected chi connectivity index (χ2v) is 5.31. The molecule has 3 rings (SSSR count). The Kier molecular flexibility index (Phi) is 4.15. The van der Waals surface area contributed by atoms with Crippen molar-refractivity contribution < 1.29 is 4.79 Å². The molecule has 0 saturated carbocycles. The van der Waals surface area contributed by atoms with Gasteiger partial charge in [0.05, 0.1) is 5.75 Å². The van der Waals surface area contributed by atoms with Crippen LogP contribution in [-0.4, -0.2) is 41.6 Å². The molecule has 1 aromatic carbocycles. The van der Waals surface area contributed by atoms with E-state index >= 15 is 0 Å². The van der Waals surface area contributed by atoms with E-state index in [4.69, 9.17) is 0 Å². The predicted octanol–water partition coefficient (Wildman–Crippen LogP) is 1.42. The second-order valence-electron chi connectivity index (χ2n) is 4.37. The molecule has 0 unspecified atom stereocenters. The molecule has 0 atom stereocenters. The average Bonchev–Trinajstić information content (AvgIpc) is 3.16. The molecule has 0 spiro atoms. The van der Waals surface area contributed by atoms with Crippen LogP contribution in [0.2, 0.25) is 0 Å². The fraction of sp³-hybridized carbons (Fsp3) is 0.154. The quantitative estimate of drug-likeness (QED) is 0.691. The van der Waals surface area contributed by atoms with Crippen LogP contribution in [0.4, 0.5) is 5.95 Å². The molecule has 0 aliphatic carbocycles. The highest BCUT2D eigenvalue weighted by Gasteiger charge is 2.13. The summed E-state index contributed by atoms with van der Waals surface area (Å²) >= 11 is 1.31. The Labute approximate surface area is 130 Å². The molecular formula is C13H13N7OS. The highest BCUT2D eigenvalue weighted by atomic mass is 32.2. The molecule has 9 heteroatoms. The van der Waals surface area contributed by atoms with Crippen molar-refractivity contribution in [1.29, 1.82) is 0 Å². The number of aromatic amines is 1. The monoisotopic (exact) mass is 315 g/mol. The molecule has 22 heavy (non-hydrogen) atoms. The summed E-state index contributed by atoms with van der Waals surface area (Å²) in [4.78, 5) is 15.7. The first kappa shape index (κ1) is 14.3. The maximum Gasteiger partial charge on any atom is 0.237 e. The van der Waals surface area contributed by atoms with Crippen molar-refractivity contribution in [3.8, 4) is 5.69 Å². The van der Waals surface area contributed by atoms with E-state index in [1.165, 1.54) is 18.1 Å². The molecule has 3 aromatic rings. The van der Waals surface area contributed by atoms with E-state index in [0.717, 1.165) is 11.5 Å². The van der Waals surface area contributed by atoms with Gasteiger partial charge in [-0.2, -0.15) is 10.1 Å². The van der Waals surface area contributed by atoms with Gasteiger partial charge < -0.3 is 0 Å². The van der Waals surface area contributed by atoms with E-state index in [9.17, 15) is 4.79 Å². The molecule has 0 fully saturated rings. The van der Waals surface area contributed by atoms with E-state index < -0.39 is 0 Å². The summed E-state index contributed by atoms with van der Waals surface area (Å²) in [6.07, 6.45) is 1.33. The van der Waals surface area contributed by atoms with Crippen LogP contribution in [-0.2, 0) is 4.79 Å². The summed E-state index contributed by atoms with van der Waals surface area (Å²) in [5.74, 6) is 1.10. The minimum Gasteiger partial charge on any atom is -0.294 e. The summed E-state index contributed by atoms with van der Waals surface area (Å²) < 4.78 is 1.91. The third-order valence-electron chi connectivity index (χ3n) is 2.81. The zero-order valence-corrected chi connectivity index (χ0v) is 12.5. The van der Waals surface area contributed by atoms with E-state index in [2.05, 4.69) is 30.7 Å². The van der Waals surface area contributed by atoms with Crippen LogP contribution in [0.3, 0.4) is 0 Å².